The lowest BCUT2D eigenvalue weighted by molar-refractivity contribution is 0.476. The average Bonchev–Trinajstić information content (AvgIpc) is 2.88. The van der Waals surface area contributed by atoms with Crippen LogP contribution in [-0.4, -0.2) is 9.13 Å². The first kappa shape index (κ1) is 26.6. The van der Waals surface area contributed by atoms with Crippen LogP contribution < -0.4 is 11.2 Å². The zero-order chi connectivity index (χ0) is 26.5. The van der Waals surface area contributed by atoms with Crippen LogP contribution in [-0.2, 0) is 10.7 Å². The van der Waals surface area contributed by atoms with Gasteiger partial charge in [-0.15, -0.1) is 0 Å². The minimum atomic E-state index is -0.759. The van der Waals surface area contributed by atoms with E-state index in [9.17, 15) is 9.59 Å². The molecule has 4 rings (SSSR count). The summed E-state index contributed by atoms with van der Waals surface area (Å²) in [4.78, 5) is 29.4. The van der Waals surface area contributed by atoms with E-state index in [1.54, 1.807) is 22.8 Å². The Morgan fingerprint density at radius 1 is 0.730 bits per heavy atom. The third kappa shape index (κ3) is 5.92. The molecule has 0 radical (unpaired) electrons. The van der Waals surface area contributed by atoms with E-state index in [2.05, 4.69) is 0 Å². The first-order valence-electron chi connectivity index (χ1n) is 12.2. The van der Waals surface area contributed by atoms with E-state index in [0.29, 0.717) is 16.4 Å². The van der Waals surface area contributed by atoms with Crippen LogP contribution in [0.1, 0.15) is 50.9 Å². The first-order chi connectivity index (χ1) is 17.8. The van der Waals surface area contributed by atoms with Crippen molar-refractivity contribution in [3.05, 3.63) is 122 Å². The van der Waals surface area contributed by atoms with E-state index >= 15 is 0 Å². The maximum Gasteiger partial charge on any atom is 0.333 e. The third-order valence-electron chi connectivity index (χ3n) is 5.79. The summed E-state index contributed by atoms with van der Waals surface area (Å²) in [7, 11) is -0.759. The number of nitrogens with zero attached hydrogens (tertiary/aromatic N) is 3. The molecule has 0 spiro atoms. The van der Waals surface area contributed by atoms with Gasteiger partial charge in [0.2, 0.25) is 0 Å². The van der Waals surface area contributed by atoms with Gasteiger partial charge in [0, 0.05) is 26.9 Å². The van der Waals surface area contributed by atoms with Crippen LogP contribution in [0.25, 0.3) is 12.2 Å². The number of halogens is 1. The van der Waals surface area contributed by atoms with Gasteiger partial charge in [-0.2, -0.15) is 4.36 Å². The fraction of sp³-hybridized carbons (Fsp3) is 0.200. The fourth-order valence-corrected chi connectivity index (χ4v) is 5.79. The Labute approximate surface area is 224 Å². The van der Waals surface area contributed by atoms with Gasteiger partial charge in [-0.3, -0.25) is 13.9 Å². The molecular weight excluding hydrogens is 502 g/mol. The second-order valence-electron chi connectivity index (χ2n) is 9.14. The number of aromatic nitrogens is 2. The minimum Gasteiger partial charge on any atom is -0.274 e. The van der Waals surface area contributed by atoms with Crippen LogP contribution in [0.5, 0.6) is 0 Å². The molecule has 0 fully saturated rings. The van der Waals surface area contributed by atoms with Gasteiger partial charge in [0.05, 0.1) is 5.56 Å². The second-order valence-corrected chi connectivity index (χ2v) is 11.3. The summed E-state index contributed by atoms with van der Waals surface area (Å²) < 4.78 is 8.12. The summed E-state index contributed by atoms with van der Waals surface area (Å²) in [6.45, 7) is 7.56. The molecule has 0 unspecified atom stereocenters. The summed E-state index contributed by atoms with van der Waals surface area (Å²) in [6.07, 6.45) is 3.62. The highest BCUT2D eigenvalue weighted by molar-refractivity contribution is 7.87. The van der Waals surface area contributed by atoms with Crippen LogP contribution in [0.3, 0.4) is 0 Å². The number of hydrogen-bond acceptors (Lipinski definition) is 3. The molecule has 5 nitrogen and oxygen atoms in total. The fourth-order valence-electron chi connectivity index (χ4n) is 3.99. The van der Waals surface area contributed by atoms with Gasteiger partial charge in [0.25, 0.3) is 5.56 Å². The van der Waals surface area contributed by atoms with E-state index in [4.69, 9.17) is 16.0 Å². The Morgan fingerprint density at radius 2 is 1.24 bits per heavy atom. The van der Waals surface area contributed by atoms with Gasteiger partial charge >= 0.3 is 5.69 Å². The van der Waals surface area contributed by atoms with E-state index in [-0.39, 0.29) is 23.3 Å². The largest absolute Gasteiger partial charge is 0.333 e. The summed E-state index contributed by atoms with van der Waals surface area (Å²) >= 11 is 6.05. The molecule has 0 aliphatic heterocycles. The molecule has 0 amide bonds. The highest BCUT2D eigenvalue weighted by Crippen LogP contribution is 2.28. The van der Waals surface area contributed by atoms with Gasteiger partial charge < -0.3 is 0 Å². The topological polar surface area (TPSA) is 56.4 Å². The first-order valence-corrected chi connectivity index (χ1v) is 13.7. The maximum atomic E-state index is 13.8. The average molecular weight is 532 g/mol. The van der Waals surface area contributed by atoms with Crippen molar-refractivity contribution >= 4 is 40.3 Å². The van der Waals surface area contributed by atoms with Crippen molar-refractivity contribution < 1.29 is 0 Å². The third-order valence-corrected chi connectivity index (χ3v) is 7.83. The molecular formula is C30H30ClN3O2S. The minimum absolute atomic E-state index is 0.212. The van der Waals surface area contributed by atoms with Crippen LogP contribution >= 0.6 is 11.6 Å². The molecule has 0 atom stereocenters. The van der Waals surface area contributed by atoms with Crippen LogP contribution in [0.2, 0.25) is 5.02 Å². The zero-order valence-corrected chi connectivity index (χ0v) is 22.9. The van der Waals surface area contributed by atoms with E-state index in [1.807, 2.05) is 107 Å². The van der Waals surface area contributed by atoms with Crippen molar-refractivity contribution in [2.45, 2.75) is 49.6 Å². The SMILES string of the molecule is CC(C)n1c(N=S(c2ccccc2)c2ccccc2)c(/C=C/c2ccc(Cl)cc2)c(=O)n(C(C)C)c1=O. The molecule has 190 valence electrons. The zero-order valence-electron chi connectivity index (χ0n) is 21.3. The summed E-state index contributed by atoms with van der Waals surface area (Å²) in [5.41, 5.74) is 0.548. The van der Waals surface area contributed by atoms with Crippen molar-refractivity contribution in [1.82, 2.24) is 9.13 Å². The van der Waals surface area contributed by atoms with Crippen LogP contribution in [0, 0.1) is 0 Å². The Morgan fingerprint density at radius 3 is 1.73 bits per heavy atom. The highest BCUT2D eigenvalue weighted by atomic mass is 35.5. The summed E-state index contributed by atoms with van der Waals surface area (Å²) in [5, 5.41) is 0.637. The highest BCUT2D eigenvalue weighted by Gasteiger charge is 2.22. The molecule has 7 heteroatoms. The van der Waals surface area contributed by atoms with Crippen LogP contribution in [0.15, 0.2) is 109 Å². The Balaban J connectivity index is 2.08. The molecule has 0 bridgehead atoms. The molecule has 3 aromatic carbocycles. The number of hydrogen-bond donors (Lipinski definition) is 0. The molecule has 37 heavy (non-hydrogen) atoms. The Hall–Kier alpha value is -3.48. The van der Waals surface area contributed by atoms with Crippen molar-refractivity contribution in [2.24, 2.45) is 4.36 Å². The maximum absolute atomic E-state index is 13.8. The van der Waals surface area contributed by atoms with Gasteiger partial charge in [-0.1, -0.05) is 66.2 Å². The van der Waals surface area contributed by atoms with Gasteiger partial charge in [0.15, 0.2) is 5.82 Å². The van der Waals surface area contributed by atoms with E-state index in [0.717, 1.165) is 15.4 Å². The lowest BCUT2D eigenvalue weighted by Gasteiger charge is -2.21. The lowest BCUT2D eigenvalue weighted by Crippen LogP contribution is -2.42. The van der Waals surface area contributed by atoms with Gasteiger partial charge in [-0.05, 0) is 86.4 Å². The lowest BCUT2D eigenvalue weighted by atomic mass is 10.1. The van der Waals surface area contributed by atoms with Crippen molar-refractivity contribution in [2.75, 3.05) is 0 Å². The molecule has 1 heterocycles. The monoisotopic (exact) mass is 531 g/mol. The molecule has 0 aliphatic rings. The predicted octanol–water partition coefficient (Wildman–Crippen LogP) is 7.55. The Kier molecular flexibility index (Phi) is 8.41. The Bertz CT molecular complexity index is 1510. The normalized spacial score (nSPS) is 11.7. The van der Waals surface area contributed by atoms with Crippen molar-refractivity contribution in [1.29, 1.82) is 0 Å². The number of rotatable bonds is 7. The molecule has 0 saturated carbocycles. The van der Waals surface area contributed by atoms with E-state index < -0.39 is 10.7 Å². The quantitative estimate of drug-likeness (QED) is 0.247. The van der Waals surface area contributed by atoms with E-state index in [1.165, 1.54) is 4.57 Å². The van der Waals surface area contributed by atoms with Crippen molar-refractivity contribution in [3.8, 4) is 0 Å². The molecule has 0 aliphatic carbocycles. The molecule has 1 aromatic heterocycles. The smallest absolute Gasteiger partial charge is 0.274 e. The summed E-state index contributed by atoms with van der Waals surface area (Å²) in [6, 6.07) is 26.8. The predicted molar refractivity (Wildman–Crippen MR) is 155 cm³/mol. The van der Waals surface area contributed by atoms with Crippen molar-refractivity contribution in [3.63, 3.8) is 0 Å². The molecule has 0 N–H and O–H groups in total. The standard InChI is InChI=1S/C30H30ClN3O2S/c1-21(2)33-28(32-37(25-11-7-5-8-12-25)26-13-9-6-10-14-26)27(29(35)34(22(3)4)30(33)36)20-17-23-15-18-24(31)19-16-23/h5-22H,1-4H3/b20-17+. The summed E-state index contributed by atoms with van der Waals surface area (Å²) in [5.74, 6) is 0.378. The number of benzene rings is 3. The van der Waals surface area contributed by atoms with Gasteiger partial charge in [0.1, 0.15) is 0 Å². The molecule has 4 aromatic rings. The van der Waals surface area contributed by atoms with Crippen LogP contribution in [0.4, 0.5) is 5.82 Å². The second kappa shape index (κ2) is 11.7. The van der Waals surface area contributed by atoms with Gasteiger partial charge in [-0.25, -0.2) is 4.79 Å². The molecule has 0 saturated heterocycles.